The van der Waals surface area contributed by atoms with Crippen molar-refractivity contribution in [3.05, 3.63) is 65.7 Å². The maximum absolute atomic E-state index is 12.2. The van der Waals surface area contributed by atoms with Crippen LogP contribution in [0.3, 0.4) is 0 Å². The highest BCUT2D eigenvalue weighted by Crippen LogP contribution is 2.41. The van der Waals surface area contributed by atoms with Crippen LogP contribution in [0.25, 0.3) is 0 Å². The Labute approximate surface area is 125 Å². The van der Waals surface area contributed by atoms with Crippen molar-refractivity contribution in [2.45, 2.75) is 19.5 Å². The maximum atomic E-state index is 12.2. The molecule has 2 aromatic rings. The average molecular weight is 281 g/mol. The lowest BCUT2D eigenvalue weighted by Gasteiger charge is -2.46. The van der Waals surface area contributed by atoms with Crippen molar-refractivity contribution in [3.8, 4) is 5.75 Å². The van der Waals surface area contributed by atoms with Gasteiger partial charge in [-0.3, -0.25) is 4.79 Å². The molecule has 3 nitrogen and oxygen atoms in total. The molecule has 3 rings (SSSR count). The highest BCUT2D eigenvalue weighted by Gasteiger charge is 2.44. The summed E-state index contributed by atoms with van der Waals surface area (Å²) in [5.41, 5.74) is 2.33. The van der Waals surface area contributed by atoms with E-state index in [-0.39, 0.29) is 17.9 Å². The predicted octanol–water partition coefficient (Wildman–Crippen LogP) is 3.41. The van der Waals surface area contributed by atoms with Gasteiger partial charge in [0.15, 0.2) is 0 Å². The third kappa shape index (κ3) is 2.51. The molecule has 0 saturated carbocycles. The molecule has 108 valence electrons. The number of hydrogen-bond acceptors (Lipinski definition) is 2. The van der Waals surface area contributed by atoms with Crippen molar-refractivity contribution in [3.63, 3.8) is 0 Å². The largest absolute Gasteiger partial charge is 0.497 e. The Morgan fingerprint density at radius 2 is 1.71 bits per heavy atom. The van der Waals surface area contributed by atoms with Crippen LogP contribution in [0.2, 0.25) is 0 Å². The summed E-state index contributed by atoms with van der Waals surface area (Å²) in [4.78, 5) is 14.1. The summed E-state index contributed by atoms with van der Waals surface area (Å²) in [6.45, 7) is 2.67. The Hall–Kier alpha value is -2.29. The van der Waals surface area contributed by atoms with E-state index in [2.05, 4.69) is 12.1 Å². The normalized spacial score (nSPS) is 21.0. The van der Waals surface area contributed by atoms with Gasteiger partial charge in [-0.25, -0.2) is 0 Å². The molecule has 1 aliphatic rings. The van der Waals surface area contributed by atoms with E-state index >= 15 is 0 Å². The van der Waals surface area contributed by atoms with E-state index in [4.69, 9.17) is 4.74 Å². The fraction of sp³-hybridized carbons (Fsp3) is 0.278. The summed E-state index contributed by atoms with van der Waals surface area (Å²) in [6.07, 6.45) is 0. The van der Waals surface area contributed by atoms with Crippen molar-refractivity contribution in [1.29, 1.82) is 0 Å². The van der Waals surface area contributed by atoms with Crippen LogP contribution >= 0.6 is 0 Å². The van der Waals surface area contributed by atoms with Crippen LogP contribution in [0.1, 0.15) is 24.1 Å². The van der Waals surface area contributed by atoms with Gasteiger partial charge in [0.1, 0.15) is 5.75 Å². The van der Waals surface area contributed by atoms with Gasteiger partial charge in [-0.1, -0.05) is 49.4 Å². The number of benzene rings is 2. The van der Waals surface area contributed by atoms with Gasteiger partial charge >= 0.3 is 0 Å². The maximum Gasteiger partial charge on any atom is 0.228 e. The molecule has 1 fully saturated rings. The standard InChI is InChI=1S/C18H19NO2/c1-13-17(15-8-10-16(21-2)11-9-15)19(18(13)20)12-14-6-4-3-5-7-14/h3-11,13,17H,12H2,1-2H3/t13-,17-/m1/s1. The van der Waals surface area contributed by atoms with Crippen LogP contribution in [0.4, 0.5) is 0 Å². The van der Waals surface area contributed by atoms with E-state index in [1.54, 1.807) is 7.11 Å². The zero-order chi connectivity index (χ0) is 14.8. The highest BCUT2D eigenvalue weighted by atomic mass is 16.5. The minimum atomic E-state index is 0.0436. The minimum absolute atomic E-state index is 0.0436. The van der Waals surface area contributed by atoms with E-state index in [9.17, 15) is 4.79 Å². The number of rotatable bonds is 4. The number of ether oxygens (including phenoxy) is 1. The third-order valence-corrected chi connectivity index (χ3v) is 4.14. The quantitative estimate of drug-likeness (QED) is 0.804. The number of nitrogens with zero attached hydrogens (tertiary/aromatic N) is 1. The first-order chi connectivity index (χ1) is 10.2. The van der Waals surface area contributed by atoms with Gasteiger partial charge in [-0.05, 0) is 23.3 Å². The number of β-lactam (4-membered cyclic amide) rings is 1. The average Bonchev–Trinajstić information content (AvgIpc) is 2.55. The Bertz CT molecular complexity index is 621. The number of carbonyl (C=O) groups excluding carboxylic acids is 1. The van der Waals surface area contributed by atoms with Crippen LogP contribution in [-0.4, -0.2) is 17.9 Å². The van der Waals surface area contributed by atoms with Crippen molar-refractivity contribution in [2.75, 3.05) is 7.11 Å². The summed E-state index contributed by atoms with van der Waals surface area (Å²) >= 11 is 0. The molecule has 1 saturated heterocycles. The smallest absolute Gasteiger partial charge is 0.228 e. The summed E-state index contributed by atoms with van der Waals surface area (Å²) in [6, 6.07) is 18.3. The Balaban J connectivity index is 1.80. The molecular weight excluding hydrogens is 262 g/mol. The Kier molecular flexibility index (Phi) is 3.65. The van der Waals surface area contributed by atoms with Gasteiger partial charge in [-0.2, -0.15) is 0 Å². The van der Waals surface area contributed by atoms with Gasteiger partial charge in [0.2, 0.25) is 5.91 Å². The SMILES string of the molecule is COc1ccc([C@H]2[C@@H](C)C(=O)N2Cc2ccccc2)cc1. The molecule has 0 N–H and O–H groups in total. The van der Waals surface area contributed by atoms with E-state index in [1.165, 1.54) is 5.56 Å². The van der Waals surface area contributed by atoms with Gasteiger partial charge < -0.3 is 9.64 Å². The van der Waals surface area contributed by atoms with Crippen LogP contribution < -0.4 is 4.74 Å². The molecule has 0 unspecified atom stereocenters. The molecule has 0 aliphatic carbocycles. The number of methoxy groups -OCH3 is 1. The molecule has 1 heterocycles. The second kappa shape index (κ2) is 5.60. The van der Waals surface area contributed by atoms with E-state index in [0.717, 1.165) is 11.3 Å². The molecule has 1 aliphatic heterocycles. The molecule has 0 spiro atoms. The van der Waals surface area contributed by atoms with Crippen LogP contribution in [0, 0.1) is 5.92 Å². The van der Waals surface area contributed by atoms with Crippen LogP contribution in [0.15, 0.2) is 54.6 Å². The van der Waals surface area contributed by atoms with Gasteiger partial charge in [0.05, 0.1) is 19.1 Å². The Morgan fingerprint density at radius 1 is 1.05 bits per heavy atom. The van der Waals surface area contributed by atoms with Gasteiger partial charge in [0.25, 0.3) is 0 Å². The molecule has 0 aromatic heterocycles. The molecule has 3 heteroatoms. The zero-order valence-corrected chi connectivity index (χ0v) is 12.3. The molecule has 0 bridgehead atoms. The number of amides is 1. The van der Waals surface area contributed by atoms with E-state index < -0.39 is 0 Å². The monoisotopic (exact) mass is 281 g/mol. The van der Waals surface area contributed by atoms with Crippen molar-refractivity contribution in [2.24, 2.45) is 5.92 Å². The third-order valence-electron chi connectivity index (χ3n) is 4.14. The van der Waals surface area contributed by atoms with E-state index in [0.29, 0.717) is 6.54 Å². The van der Waals surface area contributed by atoms with Gasteiger partial charge in [0, 0.05) is 6.54 Å². The second-order valence-corrected chi connectivity index (χ2v) is 5.46. The lowest BCUT2D eigenvalue weighted by molar-refractivity contribution is -0.156. The number of likely N-dealkylation sites (tertiary alicyclic amines) is 1. The topological polar surface area (TPSA) is 29.5 Å². The first-order valence-electron chi connectivity index (χ1n) is 7.19. The van der Waals surface area contributed by atoms with Crippen LogP contribution in [0.5, 0.6) is 5.75 Å². The number of hydrogen-bond donors (Lipinski definition) is 0. The fourth-order valence-corrected chi connectivity index (χ4v) is 2.95. The van der Waals surface area contributed by atoms with Crippen molar-refractivity contribution < 1.29 is 9.53 Å². The molecule has 21 heavy (non-hydrogen) atoms. The zero-order valence-electron chi connectivity index (χ0n) is 12.3. The molecule has 0 radical (unpaired) electrons. The molecular formula is C18H19NO2. The fourth-order valence-electron chi connectivity index (χ4n) is 2.95. The summed E-state index contributed by atoms with van der Waals surface area (Å²) in [7, 11) is 1.66. The summed E-state index contributed by atoms with van der Waals surface area (Å²) in [5.74, 6) is 1.11. The highest BCUT2D eigenvalue weighted by molar-refractivity contribution is 5.86. The first kappa shape index (κ1) is 13.7. The van der Waals surface area contributed by atoms with Crippen LogP contribution in [-0.2, 0) is 11.3 Å². The molecule has 2 aromatic carbocycles. The first-order valence-corrected chi connectivity index (χ1v) is 7.19. The van der Waals surface area contributed by atoms with Crippen molar-refractivity contribution >= 4 is 5.91 Å². The molecule has 1 amide bonds. The second-order valence-electron chi connectivity index (χ2n) is 5.46. The van der Waals surface area contributed by atoms with Gasteiger partial charge in [-0.15, -0.1) is 0 Å². The van der Waals surface area contributed by atoms with E-state index in [1.807, 2.05) is 54.3 Å². The lowest BCUT2D eigenvalue weighted by Crippen LogP contribution is -2.52. The summed E-state index contributed by atoms with van der Waals surface area (Å²) < 4.78 is 5.19. The predicted molar refractivity (Wildman–Crippen MR) is 81.9 cm³/mol. The number of carbonyl (C=O) groups is 1. The van der Waals surface area contributed by atoms with Crippen molar-refractivity contribution in [1.82, 2.24) is 4.90 Å². The lowest BCUT2D eigenvalue weighted by atomic mass is 9.83. The summed E-state index contributed by atoms with van der Waals surface area (Å²) in [5, 5.41) is 0. The molecule has 2 atom stereocenters. The Morgan fingerprint density at radius 3 is 2.33 bits per heavy atom. The minimum Gasteiger partial charge on any atom is -0.497 e.